The summed E-state index contributed by atoms with van der Waals surface area (Å²) in [7, 11) is 0. The lowest BCUT2D eigenvalue weighted by atomic mass is 9.82. The molecule has 2 aromatic heterocycles. The Morgan fingerprint density at radius 1 is 0.478 bits per heavy atom. The molecule has 0 saturated heterocycles. The molecule has 0 bridgehead atoms. The van der Waals surface area contributed by atoms with Gasteiger partial charge in [-0.25, -0.2) is 13.8 Å². The summed E-state index contributed by atoms with van der Waals surface area (Å²) in [5, 5.41) is 2.26. The molecule has 0 atom stereocenters. The average Bonchev–Trinajstić information content (AvgIpc) is 3.90. The predicted octanol–water partition coefficient (Wildman–Crippen LogP) is 17.1. The number of rotatable bonds is 8. The molecule has 7 heteroatoms. The van der Waals surface area contributed by atoms with Crippen molar-refractivity contribution in [3.05, 3.63) is 217 Å². The Hall–Kier alpha value is -8.03. The molecule has 0 fully saturated rings. The van der Waals surface area contributed by atoms with E-state index in [4.69, 9.17) is 9.72 Å². The largest absolute Gasteiger partial charge is 0.457 e. The first-order valence-corrected chi connectivity index (χ1v) is 23.5. The zero-order chi connectivity index (χ0) is 47.6. The topological polar surface area (TPSA) is 33.5 Å². The molecule has 0 radical (unpaired) electrons. The first-order valence-electron chi connectivity index (χ1n) is 23.5. The third kappa shape index (κ3) is 8.08. The van der Waals surface area contributed by atoms with E-state index in [0.29, 0.717) is 18.2 Å². The number of pyridine rings is 1. The van der Waals surface area contributed by atoms with Crippen molar-refractivity contribution in [1.82, 2.24) is 9.55 Å². The van der Waals surface area contributed by atoms with Crippen molar-refractivity contribution in [3.63, 3.8) is 0 Å². The summed E-state index contributed by atoms with van der Waals surface area (Å²) in [6.07, 6.45) is 1.90. The molecule has 10 aromatic rings. The fourth-order valence-corrected chi connectivity index (χ4v) is 9.93. The van der Waals surface area contributed by atoms with Gasteiger partial charge in [-0.2, -0.15) is 0 Å². The highest BCUT2D eigenvalue weighted by Crippen LogP contribution is 2.51. The van der Waals surface area contributed by atoms with Crippen LogP contribution in [0.3, 0.4) is 0 Å². The lowest BCUT2D eigenvalue weighted by molar-refractivity contribution is 0.483. The Kier molecular flexibility index (Phi) is 10.7. The van der Waals surface area contributed by atoms with Crippen LogP contribution in [0.4, 0.5) is 31.5 Å². The predicted molar refractivity (Wildman–Crippen MR) is 281 cm³/mol. The number of fused-ring (bicyclic) bond motifs is 4. The number of para-hydroxylation sites is 4. The highest BCUT2D eigenvalue weighted by Gasteiger charge is 2.32. The number of benzene rings is 8. The number of ether oxygens (including phenoxy) is 1. The Bertz CT molecular complexity index is 3500. The van der Waals surface area contributed by atoms with E-state index in [9.17, 15) is 8.78 Å². The Labute approximate surface area is 402 Å². The quantitative estimate of drug-likeness (QED) is 0.152. The molecule has 0 aliphatic carbocycles. The molecule has 340 valence electrons. The van der Waals surface area contributed by atoms with Crippen LogP contribution in [-0.2, 0) is 10.8 Å². The molecule has 1 aliphatic rings. The standard InChI is InChI=1S/C62H52F2N4O/c1-61(2,3)43-32-33-65-59(36-43)68-55-19-10-8-15-52(55)53-31-30-47(38-58(53)68)69-48-35-42(49-14-7-9-18-54(49)62(4,5)6)34-46(37-48)66-39-67(57-21-12-11-20-56(57)66)60-50(40-22-26-44(63)27-23-40)16-13-17-51(60)41-24-28-45(64)29-25-41/h7-38H,39H2,1-6H3. The van der Waals surface area contributed by atoms with Gasteiger partial charge >= 0.3 is 0 Å². The van der Waals surface area contributed by atoms with E-state index in [-0.39, 0.29) is 22.5 Å². The van der Waals surface area contributed by atoms with Gasteiger partial charge < -0.3 is 14.5 Å². The van der Waals surface area contributed by atoms with Crippen molar-refractivity contribution in [2.24, 2.45) is 0 Å². The smallest absolute Gasteiger partial charge is 0.137 e. The van der Waals surface area contributed by atoms with Crippen molar-refractivity contribution in [2.45, 2.75) is 52.4 Å². The van der Waals surface area contributed by atoms with Gasteiger partial charge in [-0.1, -0.05) is 139 Å². The number of hydrogen-bond donors (Lipinski definition) is 0. The molecule has 69 heavy (non-hydrogen) atoms. The van der Waals surface area contributed by atoms with Gasteiger partial charge in [0.25, 0.3) is 0 Å². The zero-order valence-electron chi connectivity index (χ0n) is 39.6. The minimum atomic E-state index is -0.302. The highest BCUT2D eigenvalue weighted by atomic mass is 19.1. The summed E-state index contributed by atoms with van der Waals surface area (Å²) in [5.41, 5.74) is 14.0. The summed E-state index contributed by atoms with van der Waals surface area (Å²) in [4.78, 5) is 9.57. The van der Waals surface area contributed by atoms with Crippen molar-refractivity contribution in [3.8, 4) is 50.7 Å². The summed E-state index contributed by atoms with van der Waals surface area (Å²) >= 11 is 0. The normalized spacial score (nSPS) is 12.8. The summed E-state index contributed by atoms with van der Waals surface area (Å²) < 4.78 is 38.2. The number of halogens is 2. The van der Waals surface area contributed by atoms with Gasteiger partial charge in [0, 0.05) is 45.9 Å². The summed E-state index contributed by atoms with van der Waals surface area (Å²) in [6, 6.07) is 62.1. The summed E-state index contributed by atoms with van der Waals surface area (Å²) in [5.74, 6) is 1.64. The second kappa shape index (κ2) is 16.9. The minimum Gasteiger partial charge on any atom is -0.457 e. The lowest BCUT2D eigenvalue weighted by Gasteiger charge is -2.28. The van der Waals surface area contributed by atoms with Crippen LogP contribution in [-0.4, -0.2) is 16.2 Å². The van der Waals surface area contributed by atoms with Crippen molar-refractivity contribution in [2.75, 3.05) is 16.5 Å². The molecule has 8 aromatic carbocycles. The maximum absolute atomic E-state index is 14.4. The molecule has 3 heterocycles. The van der Waals surface area contributed by atoms with E-state index in [2.05, 4.69) is 189 Å². The third-order valence-corrected chi connectivity index (χ3v) is 13.3. The van der Waals surface area contributed by atoms with E-state index >= 15 is 0 Å². The molecule has 0 saturated carbocycles. The van der Waals surface area contributed by atoms with Crippen LogP contribution in [0.2, 0.25) is 0 Å². The third-order valence-electron chi connectivity index (χ3n) is 13.3. The van der Waals surface area contributed by atoms with Crippen molar-refractivity contribution >= 4 is 44.6 Å². The van der Waals surface area contributed by atoms with Crippen molar-refractivity contribution < 1.29 is 13.5 Å². The maximum atomic E-state index is 14.4. The first-order chi connectivity index (χ1) is 33.3. The Balaban J connectivity index is 1.07. The van der Waals surface area contributed by atoms with E-state index in [1.54, 1.807) is 0 Å². The molecular weight excluding hydrogens is 855 g/mol. The Morgan fingerprint density at radius 2 is 1.09 bits per heavy atom. The van der Waals surface area contributed by atoms with Gasteiger partial charge in [0.1, 0.15) is 35.6 Å². The lowest BCUT2D eigenvalue weighted by Crippen LogP contribution is -2.25. The number of anilines is 4. The average molecular weight is 907 g/mol. The van der Waals surface area contributed by atoms with Crippen molar-refractivity contribution in [1.29, 1.82) is 0 Å². The molecule has 11 rings (SSSR count). The highest BCUT2D eigenvalue weighted by molar-refractivity contribution is 6.09. The molecule has 0 unspecified atom stereocenters. The maximum Gasteiger partial charge on any atom is 0.137 e. The van der Waals surface area contributed by atoms with Crippen LogP contribution in [0.1, 0.15) is 52.7 Å². The van der Waals surface area contributed by atoms with Crippen LogP contribution < -0.4 is 14.5 Å². The molecule has 0 amide bonds. The van der Waals surface area contributed by atoms with E-state index < -0.39 is 0 Å². The monoisotopic (exact) mass is 906 g/mol. The second-order valence-corrected chi connectivity index (χ2v) is 20.0. The van der Waals surface area contributed by atoms with Gasteiger partial charge in [-0.15, -0.1) is 0 Å². The molecule has 0 N–H and O–H groups in total. The van der Waals surface area contributed by atoms with Gasteiger partial charge in [-0.3, -0.25) is 4.57 Å². The molecule has 1 aliphatic heterocycles. The molecule has 0 spiro atoms. The van der Waals surface area contributed by atoms with E-state index in [1.807, 2.05) is 36.5 Å². The Morgan fingerprint density at radius 3 is 1.77 bits per heavy atom. The molecule has 5 nitrogen and oxygen atoms in total. The SMILES string of the molecule is CC(C)(C)c1ccnc(-n2c3ccccc3c3ccc(Oc4cc(-c5ccccc5C(C)(C)C)cc(N5CN(c6c(-c7ccc(F)cc7)cccc6-c6ccc(F)cc6)c6ccccc65)c4)cc32)c1. The fourth-order valence-electron chi connectivity index (χ4n) is 9.93. The first kappa shape index (κ1) is 43.5. The van der Waals surface area contributed by atoms with Crippen LogP contribution in [0.5, 0.6) is 11.5 Å². The van der Waals surface area contributed by atoms with Crippen LogP contribution >= 0.6 is 0 Å². The number of hydrogen-bond acceptors (Lipinski definition) is 4. The van der Waals surface area contributed by atoms with Gasteiger partial charge in [-0.05, 0) is 123 Å². The summed E-state index contributed by atoms with van der Waals surface area (Å²) in [6.45, 7) is 13.9. The molecular formula is C62H52F2N4O. The number of nitrogens with zero attached hydrogens (tertiary/aromatic N) is 4. The minimum absolute atomic E-state index is 0.0528. The van der Waals surface area contributed by atoms with Crippen LogP contribution in [0.25, 0.3) is 61.0 Å². The van der Waals surface area contributed by atoms with Crippen LogP contribution in [0.15, 0.2) is 194 Å². The van der Waals surface area contributed by atoms with E-state index in [1.165, 1.54) is 35.4 Å². The van der Waals surface area contributed by atoms with Gasteiger partial charge in [0.15, 0.2) is 0 Å². The van der Waals surface area contributed by atoms with E-state index in [0.717, 1.165) is 83.8 Å². The zero-order valence-corrected chi connectivity index (χ0v) is 39.6. The van der Waals surface area contributed by atoms with Gasteiger partial charge in [0.2, 0.25) is 0 Å². The fraction of sp³-hybridized carbons (Fsp3) is 0.145. The van der Waals surface area contributed by atoms with Gasteiger partial charge in [0.05, 0.1) is 28.1 Å². The number of aromatic nitrogens is 2. The van der Waals surface area contributed by atoms with Crippen LogP contribution in [0, 0.1) is 11.6 Å². The second-order valence-electron chi connectivity index (χ2n) is 20.0.